The van der Waals surface area contributed by atoms with E-state index >= 15 is 0 Å². The SMILES string of the molecule is CC(C)(N)c1csc(-c2cncs2)n1. The summed E-state index contributed by atoms with van der Waals surface area (Å²) in [6.45, 7) is 3.91. The van der Waals surface area contributed by atoms with Gasteiger partial charge in [0.2, 0.25) is 0 Å². The molecular formula is C9H11N3S2. The lowest BCUT2D eigenvalue weighted by atomic mass is 10.0. The van der Waals surface area contributed by atoms with Crippen LogP contribution < -0.4 is 5.73 Å². The minimum absolute atomic E-state index is 0.362. The van der Waals surface area contributed by atoms with Crippen molar-refractivity contribution in [1.29, 1.82) is 0 Å². The van der Waals surface area contributed by atoms with Crippen LogP contribution in [0.25, 0.3) is 9.88 Å². The van der Waals surface area contributed by atoms with E-state index in [4.69, 9.17) is 5.73 Å². The lowest BCUT2D eigenvalue weighted by Crippen LogP contribution is -2.28. The van der Waals surface area contributed by atoms with Crippen molar-refractivity contribution in [3.8, 4) is 9.88 Å². The average Bonchev–Trinajstić information content (AvgIpc) is 2.73. The van der Waals surface area contributed by atoms with Crippen molar-refractivity contribution in [2.24, 2.45) is 5.73 Å². The lowest BCUT2D eigenvalue weighted by Gasteiger charge is -2.14. The second kappa shape index (κ2) is 3.42. The Morgan fingerprint density at radius 2 is 2.14 bits per heavy atom. The van der Waals surface area contributed by atoms with Crippen molar-refractivity contribution in [3.63, 3.8) is 0 Å². The van der Waals surface area contributed by atoms with E-state index in [2.05, 4.69) is 9.97 Å². The number of nitrogens with zero attached hydrogens (tertiary/aromatic N) is 2. The van der Waals surface area contributed by atoms with Gasteiger partial charge in [0.1, 0.15) is 5.01 Å². The first kappa shape index (κ1) is 9.76. The molecule has 2 heterocycles. The summed E-state index contributed by atoms with van der Waals surface area (Å²) in [7, 11) is 0. The fraction of sp³-hybridized carbons (Fsp3) is 0.333. The molecule has 0 atom stereocenters. The Bertz CT molecular complexity index is 411. The molecule has 0 saturated carbocycles. The zero-order chi connectivity index (χ0) is 10.2. The number of hydrogen-bond acceptors (Lipinski definition) is 5. The monoisotopic (exact) mass is 225 g/mol. The predicted molar refractivity (Wildman–Crippen MR) is 60.4 cm³/mol. The maximum Gasteiger partial charge on any atom is 0.135 e. The van der Waals surface area contributed by atoms with Crippen LogP contribution in [0.5, 0.6) is 0 Å². The molecule has 0 aliphatic heterocycles. The third-order valence-corrected chi connectivity index (χ3v) is 3.59. The highest BCUT2D eigenvalue weighted by molar-refractivity contribution is 7.19. The Labute approximate surface area is 90.6 Å². The molecule has 0 amide bonds. The number of rotatable bonds is 2. The maximum absolute atomic E-state index is 5.96. The van der Waals surface area contributed by atoms with E-state index in [9.17, 15) is 0 Å². The Morgan fingerprint density at radius 3 is 2.64 bits per heavy atom. The van der Waals surface area contributed by atoms with Crippen LogP contribution in [-0.4, -0.2) is 9.97 Å². The molecule has 5 heteroatoms. The van der Waals surface area contributed by atoms with E-state index in [1.165, 1.54) is 0 Å². The third kappa shape index (κ3) is 1.84. The Morgan fingerprint density at radius 1 is 1.36 bits per heavy atom. The van der Waals surface area contributed by atoms with Gasteiger partial charge in [-0.2, -0.15) is 0 Å². The number of hydrogen-bond donors (Lipinski definition) is 1. The van der Waals surface area contributed by atoms with Gasteiger partial charge in [-0.15, -0.1) is 22.7 Å². The summed E-state index contributed by atoms with van der Waals surface area (Å²) in [5.74, 6) is 0. The van der Waals surface area contributed by atoms with Crippen molar-refractivity contribution in [2.45, 2.75) is 19.4 Å². The molecule has 2 rings (SSSR count). The highest BCUT2D eigenvalue weighted by Crippen LogP contribution is 2.29. The van der Waals surface area contributed by atoms with Crippen LogP contribution in [0, 0.1) is 0 Å². The molecule has 0 aliphatic carbocycles. The van der Waals surface area contributed by atoms with Crippen LogP contribution in [-0.2, 0) is 5.54 Å². The van der Waals surface area contributed by atoms with Crippen molar-refractivity contribution in [1.82, 2.24) is 9.97 Å². The fourth-order valence-electron chi connectivity index (χ4n) is 1.00. The minimum atomic E-state index is -0.362. The zero-order valence-electron chi connectivity index (χ0n) is 8.02. The third-order valence-electron chi connectivity index (χ3n) is 1.81. The molecule has 0 radical (unpaired) electrons. The quantitative estimate of drug-likeness (QED) is 0.854. The van der Waals surface area contributed by atoms with Crippen LogP contribution in [0.4, 0.5) is 0 Å². The van der Waals surface area contributed by atoms with Crippen LogP contribution in [0.2, 0.25) is 0 Å². The molecule has 0 fully saturated rings. The summed E-state index contributed by atoms with van der Waals surface area (Å²) >= 11 is 3.21. The van der Waals surface area contributed by atoms with Gasteiger partial charge in [0, 0.05) is 11.6 Å². The second-order valence-corrected chi connectivity index (χ2v) is 5.37. The summed E-state index contributed by atoms with van der Waals surface area (Å²) in [5.41, 5.74) is 8.34. The molecule has 2 aromatic rings. The van der Waals surface area contributed by atoms with Gasteiger partial charge in [-0.25, -0.2) is 4.98 Å². The van der Waals surface area contributed by atoms with E-state index in [1.807, 2.05) is 30.9 Å². The topological polar surface area (TPSA) is 51.8 Å². The summed E-state index contributed by atoms with van der Waals surface area (Å²) in [6, 6.07) is 0. The first-order valence-corrected chi connectivity index (χ1v) is 5.97. The maximum atomic E-state index is 5.96. The van der Waals surface area contributed by atoms with Crippen molar-refractivity contribution >= 4 is 22.7 Å². The molecule has 0 aliphatic rings. The van der Waals surface area contributed by atoms with Crippen molar-refractivity contribution < 1.29 is 0 Å². The fourth-order valence-corrected chi connectivity index (χ4v) is 2.70. The minimum Gasteiger partial charge on any atom is -0.321 e. The summed E-state index contributed by atoms with van der Waals surface area (Å²) in [5, 5.41) is 3.01. The van der Waals surface area contributed by atoms with Gasteiger partial charge in [-0.1, -0.05) is 0 Å². The number of thiazole rings is 2. The largest absolute Gasteiger partial charge is 0.321 e. The first-order chi connectivity index (χ1) is 6.57. The predicted octanol–water partition coefficient (Wildman–Crippen LogP) is 2.46. The molecule has 14 heavy (non-hydrogen) atoms. The van der Waals surface area contributed by atoms with Gasteiger partial charge in [0.25, 0.3) is 0 Å². The van der Waals surface area contributed by atoms with E-state index in [-0.39, 0.29) is 5.54 Å². The number of nitrogens with two attached hydrogens (primary N) is 1. The first-order valence-electron chi connectivity index (χ1n) is 4.21. The summed E-state index contributed by atoms with van der Waals surface area (Å²) in [6.07, 6.45) is 1.83. The average molecular weight is 225 g/mol. The smallest absolute Gasteiger partial charge is 0.135 e. The van der Waals surface area contributed by atoms with E-state index < -0.39 is 0 Å². The molecule has 0 spiro atoms. The van der Waals surface area contributed by atoms with Crippen LogP contribution in [0.15, 0.2) is 17.1 Å². The van der Waals surface area contributed by atoms with E-state index in [1.54, 1.807) is 22.7 Å². The van der Waals surface area contributed by atoms with Gasteiger partial charge in [-0.3, -0.25) is 4.98 Å². The Kier molecular flexibility index (Phi) is 2.38. The summed E-state index contributed by atoms with van der Waals surface area (Å²) in [4.78, 5) is 9.61. The number of aromatic nitrogens is 2. The van der Waals surface area contributed by atoms with Crippen molar-refractivity contribution in [2.75, 3.05) is 0 Å². The summed E-state index contributed by atoms with van der Waals surface area (Å²) < 4.78 is 0. The molecule has 74 valence electrons. The van der Waals surface area contributed by atoms with E-state index in [0.717, 1.165) is 15.6 Å². The Balaban J connectivity index is 2.36. The van der Waals surface area contributed by atoms with Gasteiger partial charge in [0.05, 0.1) is 21.6 Å². The molecule has 0 aromatic carbocycles. The lowest BCUT2D eigenvalue weighted by molar-refractivity contribution is 0.539. The van der Waals surface area contributed by atoms with Crippen LogP contribution in [0.3, 0.4) is 0 Å². The van der Waals surface area contributed by atoms with Gasteiger partial charge in [0.15, 0.2) is 0 Å². The van der Waals surface area contributed by atoms with E-state index in [0.29, 0.717) is 0 Å². The second-order valence-electron chi connectivity index (χ2n) is 3.63. The van der Waals surface area contributed by atoms with Gasteiger partial charge < -0.3 is 5.73 Å². The highest BCUT2D eigenvalue weighted by Gasteiger charge is 2.18. The highest BCUT2D eigenvalue weighted by atomic mass is 32.1. The standard InChI is InChI=1S/C9H11N3S2/c1-9(2,10)7-4-13-8(12-7)6-3-11-5-14-6/h3-5H,10H2,1-2H3. The molecule has 2 N–H and O–H groups in total. The van der Waals surface area contributed by atoms with Crippen LogP contribution in [0.1, 0.15) is 19.5 Å². The molecule has 0 bridgehead atoms. The zero-order valence-corrected chi connectivity index (χ0v) is 9.65. The van der Waals surface area contributed by atoms with Gasteiger partial charge in [-0.05, 0) is 13.8 Å². The molecular weight excluding hydrogens is 214 g/mol. The molecule has 0 unspecified atom stereocenters. The molecule has 2 aromatic heterocycles. The molecule has 3 nitrogen and oxygen atoms in total. The normalized spacial score (nSPS) is 11.9. The Hall–Kier alpha value is -0.780. The van der Waals surface area contributed by atoms with Crippen LogP contribution >= 0.6 is 22.7 Å². The van der Waals surface area contributed by atoms with Gasteiger partial charge >= 0.3 is 0 Å². The molecule has 0 saturated heterocycles. The van der Waals surface area contributed by atoms with Crippen molar-refractivity contribution in [3.05, 3.63) is 22.8 Å².